The molecule has 1 aromatic carbocycles. The van der Waals surface area contributed by atoms with E-state index in [1.165, 1.54) is 24.5 Å². The Hall–Kier alpha value is -2.87. The Bertz CT molecular complexity index is 654. The van der Waals surface area contributed by atoms with Gasteiger partial charge in [0.05, 0.1) is 22.8 Å². The van der Waals surface area contributed by atoms with Crippen molar-refractivity contribution in [2.24, 2.45) is 5.84 Å². The maximum Gasteiger partial charge on any atom is 0.294 e. The molecule has 1 heterocycles. The maximum absolute atomic E-state index is 12.2. The molecule has 2 rings (SSSR count). The van der Waals surface area contributed by atoms with Gasteiger partial charge in [-0.05, 0) is 25.1 Å². The summed E-state index contributed by atoms with van der Waals surface area (Å²) >= 11 is 0. The number of para-hydroxylation sites is 1. The van der Waals surface area contributed by atoms with E-state index in [1.807, 2.05) is 0 Å². The molecule has 4 N–H and O–H groups in total. The minimum absolute atomic E-state index is 0.0355. The Morgan fingerprint density at radius 2 is 2.14 bits per heavy atom. The Morgan fingerprint density at radius 1 is 1.38 bits per heavy atom. The number of rotatable bonds is 5. The molecule has 2 aromatic rings. The van der Waals surface area contributed by atoms with Crippen molar-refractivity contribution < 1.29 is 14.1 Å². The van der Waals surface area contributed by atoms with Gasteiger partial charge in [-0.15, -0.1) is 0 Å². The monoisotopic (exact) mass is 290 g/mol. The normalized spacial score (nSPS) is 11.7. The molecule has 0 fully saturated rings. The van der Waals surface area contributed by atoms with E-state index in [0.29, 0.717) is 5.76 Å². The number of nitrogens with zero attached hydrogens (tertiary/aromatic N) is 1. The lowest BCUT2D eigenvalue weighted by molar-refractivity contribution is -0.384. The molecule has 1 aromatic heterocycles. The van der Waals surface area contributed by atoms with Gasteiger partial charge in [0.15, 0.2) is 0 Å². The molecule has 110 valence electrons. The van der Waals surface area contributed by atoms with Crippen LogP contribution < -0.4 is 16.6 Å². The molecular formula is C13H14N4O4. The van der Waals surface area contributed by atoms with Crippen LogP contribution in [0.2, 0.25) is 0 Å². The predicted molar refractivity (Wildman–Crippen MR) is 75.5 cm³/mol. The second kappa shape index (κ2) is 6.06. The van der Waals surface area contributed by atoms with Crippen LogP contribution in [0.1, 0.15) is 29.1 Å². The molecule has 1 atom stereocenters. The minimum atomic E-state index is -0.609. The molecule has 0 aliphatic rings. The van der Waals surface area contributed by atoms with E-state index >= 15 is 0 Å². The first-order valence-electron chi connectivity index (χ1n) is 6.13. The number of furan rings is 1. The van der Waals surface area contributed by atoms with Crippen LogP contribution in [-0.4, -0.2) is 10.8 Å². The molecule has 0 bridgehead atoms. The zero-order valence-corrected chi connectivity index (χ0v) is 11.2. The lowest BCUT2D eigenvalue weighted by Crippen LogP contribution is -2.28. The van der Waals surface area contributed by atoms with E-state index in [1.54, 1.807) is 19.1 Å². The van der Waals surface area contributed by atoms with Gasteiger partial charge in [0.2, 0.25) is 0 Å². The highest BCUT2D eigenvalue weighted by molar-refractivity contribution is 6.01. The summed E-state index contributed by atoms with van der Waals surface area (Å²) in [6.07, 6.45) is 1.50. The number of nitro groups is 1. The fraction of sp³-hybridized carbons (Fsp3) is 0.154. The van der Waals surface area contributed by atoms with Crippen molar-refractivity contribution in [1.29, 1.82) is 0 Å². The average molecular weight is 290 g/mol. The van der Waals surface area contributed by atoms with Crippen LogP contribution >= 0.6 is 0 Å². The van der Waals surface area contributed by atoms with Crippen LogP contribution in [0.3, 0.4) is 0 Å². The van der Waals surface area contributed by atoms with Crippen LogP contribution in [-0.2, 0) is 0 Å². The Balaban J connectivity index is 2.27. The van der Waals surface area contributed by atoms with Gasteiger partial charge < -0.3 is 15.2 Å². The summed E-state index contributed by atoms with van der Waals surface area (Å²) in [7, 11) is 0. The van der Waals surface area contributed by atoms with Crippen molar-refractivity contribution in [1.82, 2.24) is 5.32 Å². The summed E-state index contributed by atoms with van der Waals surface area (Å²) in [6, 6.07) is 7.19. The smallest absolute Gasteiger partial charge is 0.294 e. The third-order valence-electron chi connectivity index (χ3n) is 2.95. The largest absolute Gasteiger partial charge is 0.467 e. The van der Waals surface area contributed by atoms with Crippen molar-refractivity contribution in [3.63, 3.8) is 0 Å². The van der Waals surface area contributed by atoms with Crippen LogP contribution in [0.15, 0.2) is 41.0 Å². The van der Waals surface area contributed by atoms with Crippen molar-refractivity contribution >= 4 is 17.3 Å². The van der Waals surface area contributed by atoms with Crippen molar-refractivity contribution in [2.75, 3.05) is 5.43 Å². The number of anilines is 1. The van der Waals surface area contributed by atoms with Gasteiger partial charge in [-0.2, -0.15) is 0 Å². The zero-order valence-electron chi connectivity index (χ0n) is 11.2. The number of carbonyl (C=O) groups excluding carboxylic acids is 1. The van der Waals surface area contributed by atoms with Crippen LogP contribution in [0.5, 0.6) is 0 Å². The third-order valence-corrected chi connectivity index (χ3v) is 2.95. The summed E-state index contributed by atoms with van der Waals surface area (Å²) in [4.78, 5) is 22.6. The molecule has 0 aliphatic carbocycles. The number of amides is 1. The highest BCUT2D eigenvalue weighted by Crippen LogP contribution is 2.27. The molecule has 8 nitrogen and oxygen atoms in total. The van der Waals surface area contributed by atoms with E-state index in [4.69, 9.17) is 10.3 Å². The molecule has 0 aliphatic heterocycles. The van der Waals surface area contributed by atoms with E-state index < -0.39 is 10.8 Å². The third kappa shape index (κ3) is 3.00. The number of hydrogen-bond donors (Lipinski definition) is 3. The number of carbonyl (C=O) groups is 1. The lowest BCUT2D eigenvalue weighted by Gasteiger charge is -2.13. The number of benzene rings is 1. The molecular weight excluding hydrogens is 276 g/mol. The fourth-order valence-corrected chi connectivity index (χ4v) is 1.92. The number of nitrogen functional groups attached to an aromatic ring is 1. The molecule has 1 unspecified atom stereocenters. The van der Waals surface area contributed by atoms with Gasteiger partial charge in [-0.25, -0.2) is 0 Å². The van der Waals surface area contributed by atoms with Crippen molar-refractivity contribution in [3.8, 4) is 0 Å². The SMILES string of the molecule is CC(NC(=O)c1cccc([N+](=O)[O-])c1NN)c1ccco1. The van der Waals surface area contributed by atoms with Gasteiger partial charge >= 0.3 is 0 Å². The molecule has 21 heavy (non-hydrogen) atoms. The molecule has 8 heteroatoms. The minimum Gasteiger partial charge on any atom is -0.467 e. The Labute approximate surface area is 120 Å². The summed E-state index contributed by atoms with van der Waals surface area (Å²) < 4.78 is 5.19. The summed E-state index contributed by atoms with van der Waals surface area (Å²) in [5.41, 5.74) is 1.99. The first-order valence-corrected chi connectivity index (χ1v) is 6.13. The number of nitro benzene ring substituents is 1. The average Bonchev–Trinajstić information content (AvgIpc) is 3.00. The number of hydrogen-bond acceptors (Lipinski definition) is 6. The molecule has 0 spiro atoms. The summed E-state index contributed by atoms with van der Waals surface area (Å²) in [6.45, 7) is 1.74. The van der Waals surface area contributed by atoms with Crippen molar-refractivity contribution in [2.45, 2.75) is 13.0 Å². The van der Waals surface area contributed by atoms with Gasteiger partial charge in [0, 0.05) is 6.07 Å². The first-order chi connectivity index (χ1) is 10.0. The van der Waals surface area contributed by atoms with E-state index in [-0.39, 0.29) is 23.0 Å². The second-order valence-electron chi connectivity index (χ2n) is 4.31. The van der Waals surface area contributed by atoms with Gasteiger partial charge in [0.1, 0.15) is 11.4 Å². The molecule has 0 radical (unpaired) electrons. The lowest BCUT2D eigenvalue weighted by atomic mass is 10.1. The Morgan fingerprint density at radius 3 is 2.71 bits per heavy atom. The van der Waals surface area contributed by atoms with Crippen LogP contribution in [0.4, 0.5) is 11.4 Å². The van der Waals surface area contributed by atoms with E-state index in [9.17, 15) is 14.9 Å². The number of hydrazine groups is 1. The van der Waals surface area contributed by atoms with Gasteiger partial charge in [-0.1, -0.05) is 6.07 Å². The quantitative estimate of drug-likeness (QED) is 0.439. The van der Waals surface area contributed by atoms with Crippen molar-refractivity contribution in [3.05, 3.63) is 58.0 Å². The molecule has 0 saturated carbocycles. The number of nitrogens with two attached hydrogens (primary N) is 1. The highest BCUT2D eigenvalue weighted by atomic mass is 16.6. The summed E-state index contributed by atoms with van der Waals surface area (Å²) in [5, 5.41) is 13.6. The van der Waals surface area contributed by atoms with E-state index in [0.717, 1.165) is 0 Å². The highest BCUT2D eigenvalue weighted by Gasteiger charge is 2.22. The van der Waals surface area contributed by atoms with Gasteiger partial charge in [0.25, 0.3) is 11.6 Å². The molecule has 0 saturated heterocycles. The standard InChI is InChI=1S/C13H14N4O4/c1-8(11-6-3-7-21-11)15-13(18)9-4-2-5-10(17(19)20)12(9)16-14/h2-8,16H,14H2,1H3,(H,15,18). The second-order valence-corrected chi connectivity index (χ2v) is 4.31. The predicted octanol–water partition coefficient (Wildman–Crippen LogP) is 1.96. The molecule has 1 amide bonds. The van der Waals surface area contributed by atoms with Crippen LogP contribution in [0, 0.1) is 10.1 Å². The summed E-state index contributed by atoms with van der Waals surface area (Å²) in [5.74, 6) is 5.39. The van der Waals surface area contributed by atoms with Crippen LogP contribution in [0.25, 0.3) is 0 Å². The van der Waals surface area contributed by atoms with Gasteiger partial charge in [-0.3, -0.25) is 20.8 Å². The maximum atomic E-state index is 12.2. The Kier molecular flexibility index (Phi) is 4.19. The van der Waals surface area contributed by atoms with E-state index in [2.05, 4.69) is 10.7 Å². The number of nitrogens with one attached hydrogen (secondary N) is 2. The zero-order chi connectivity index (χ0) is 15.4. The fourth-order valence-electron chi connectivity index (χ4n) is 1.92. The first kappa shape index (κ1) is 14.5. The topological polar surface area (TPSA) is 123 Å².